The molecule has 14 heteroatoms. The molecule has 0 saturated heterocycles. The van der Waals surface area contributed by atoms with E-state index in [1.807, 2.05) is 12.1 Å². The van der Waals surface area contributed by atoms with E-state index in [9.17, 15) is 9.59 Å². The summed E-state index contributed by atoms with van der Waals surface area (Å²) in [5, 5.41) is 11.2. The van der Waals surface area contributed by atoms with Crippen molar-refractivity contribution in [3.8, 4) is 5.75 Å². The van der Waals surface area contributed by atoms with E-state index in [-0.39, 0.29) is 18.7 Å². The van der Waals surface area contributed by atoms with Gasteiger partial charge >= 0.3 is 5.97 Å². The smallest absolute Gasteiger partial charge is 0.303 e. The van der Waals surface area contributed by atoms with Crippen LogP contribution in [0.1, 0.15) is 76.7 Å². The molecule has 0 unspecified atom stereocenters. The summed E-state index contributed by atoms with van der Waals surface area (Å²) in [5.41, 5.74) is 1.37. The number of nitrogens with one attached hydrogen (secondary N) is 1. The highest BCUT2D eigenvalue weighted by Gasteiger charge is 2.04. The maximum atomic E-state index is 11.4. The Balaban J connectivity index is 1.69. The van der Waals surface area contributed by atoms with Crippen LogP contribution >= 0.6 is 0 Å². The van der Waals surface area contributed by atoms with Crippen molar-refractivity contribution < 1.29 is 62.1 Å². The molecule has 0 bridgehead atoms. The Morgan fingerprint density at radius 1 is 0.481 bits per heavy atom. The van der Waals surface area contributed by atoms with E-state index < -0.39 is 5.97 Å². The van der Waals surface area contributed by atoms with E-state index in [2.05, 4.69) is 24.4 Å². The standard InChI is InChI=1S/C40H71NO13/c1-2-3-4-5-6-7-8-10-37-11-13-38(14-12-37)54-36-35-53-34-33-52-32-31-51-30-29-50-28-27-49-26-25-48-24-23-47-22-21-46-20-19-45-18-9-17-41-39(42)15-16-40(43)44/h11-14H,2-10,15-36H2,1H3,(H,41,42)(H,43,44). The second-order valence-corrected chi connectivity index (χ2v) is 12.5. The predicted molar refractivity (Wildman–Crippen MR) is 206 cm³/mol. The first kappa shape index (κ1) is 49.6. The van der Waals surface area contributed by atoms with Crippen LogP contribution in [0.4, 0.5) is 0 Å². The zero-order chi connectivity index (χ0) is 38.8. The number of ether oxygens (including phenoxy) is 10. The topological polar surface area (TPSA) is 159 Å². The zero-order valence-electron chi connectivity index (χ0n) is 33.1. The van der Waals surface area contributed by atoms with Crippen LogP contribution in [0.25, 0.3) is 0 Å². The van der Waals surface area contributed by atoms with E-state index in [0.717, 1.165) is 12.2 Å². The number of benzene rings is 1. The maximum absolute atomic E-state index is 11.4. The number of aliphatic carboxylic acids is 1. The van der Waals surface area contributed by atoms with Gasteiger partial charge in [-0.3, -0.25) is 9.59 Å². The molecule has 1 aromatic rings. The molecule has 314 valence electrons. The van der Waals surface area contributed by atoms with Crippen molar-refractivity contribution in [3.63, 3.8) is 0 Å². The quantitative estimate of drug-likeness (QED) is 0.0867. The van der Waals surface area contributed by atoms with Crippen molar-refractivity contribution in [3.05, 3.63) is 29.8 Å². The van der Waals surface area contributed by atoms with Gasteiger partial charge in [-0.05, 0) is 37.0 Å². The molecule has 1 amide bonds. The largest absolute Gasteiger partial charge is 0.491 e. The minimum absolute atomic E-state index is 0.00909. The normalized spacial score (nSPS) is 11.3. The molecule has 0 aromatic heterocycles. The Kier molecular flexibility index (Phi) is 37.0. The first-order chi connectivity index (χ1) is 26.6. The van der Waals surface area contributed by atoms with E-state index >= 15 is 0 Å². The van der Waals surface area contributed by atoms with Gasteiger partial charge in [-0.2, -0.15) is 0 Å². The summed E-state index contributed by atoms with van der Waals surface area (Å²) in [5.74, 6) is -0.367. The molecule has 1 rings (SSSR count). The van der Waals surface area contributed by atoms with Crippen LogP contribution in [0.2, 0.25) is 0 Å². The molecule has 0 aliphatic heterocycles. The number of aryl methyl sites for hydroxylation is 1. The summed E-state index contributed by atoms with van der Waals surface area (Å²) in [6.07, 6.45) is 11.0. The van der Waals surface area contributed by atoms with Gasteiger partial charge in [0.15, 0.2) is 0 Å². The minimum atomic E-state index is -0.981. The van der Waals surface area contributed by atoms with Crippen molar-refractivity contribution >= 4 is 11.9 Å². The molecule has 0 aliphatic rings. The molecule has 54 heavy (non-hydrogen) atoms. The summed E-state index contributed by atoms with van der Waals surface area (Å²) in [4.78, 5) is 21.8. The molecule has 1 aromatic carbocycles. The Bertz CT molecular complexity index is 954. The van der Waals surface area contributed by atoms with Crippen LogP contribution in [-0.4, -0.2) is 149 Å². The number of carbonyl (C=O) groups excluding carboxylic acids is 1. The fourth-order valence-corrected chi connectivity index (χ4v) is 4.83. The average molecular weight is 774 g/mol. The van der Waals surface area contributed by atoms with Crippen LogP contribution in [0.3, 0.4) is 0 Å². The van der Waals surface area contributed by atoms with Crippen molar-refractivity contribution in [2.45, 2.75) is 77.6 Å². The van der Waals surface area contributed by atoms with Crippen LogP contribution in [0.15, 0.2) is 24.3 Å². The van der Waals surface area contributed by atoms with Crippen LogP contribution < -0.4 is 10.1 Å². The molecule has 0 spiro atoms. The Morgan fingerprint density at radius 3 is 1.30 bits per heavy atom. The van der Waals surface area contributed by atoms with E-state index in [1.165, 1.54) is 50.5 Å². The number of rotatable bonds is 43. The van der Waals surface area contributed by atoms with E-state index in [4.69, 9.17) is 52.5 Å². The highest BCUT2D eigenvalue weighted by atomic mass is 16.6. The number of unbranched alkanes of at least 4 members (excludes halogenated alkanes) is 6. The lowest BCUT2D eigenvalue weighted by Crippen LogP contribution is -2.25. The van der Waals surface area contributed by atoms with Gasteiger partial charge in [-0.25, -0.2) is 0 Å². The molecule has 0 radical (unpaired) electrons. The van der Waals surface area contributed by atoms with E-state index in [0.29, 0.717) is 138 Å². The molecule has 0 heterocycles. The summed E-state index contributed by atoms with van der Waals surface area (Å²) in [6, 6.07) is 8.43. The Hall–Kier alpha value is -2.40. The molecule has 14 nitrogen and oxygen atoms in total. The van der Waals surface area contributed by atoms with E-state index in [1.54, 1.807) is 0 Å². The highest BCUT2D eigenvalue weighted by molar-refractivity contribution is 5.80. The van der Waals surface area contributed by atoms with Gasteiger partial charge in [0.1, 0.15) is 12.4 Å². The summed E-state index contributed by atoms with van der Waals surface area (Å²) in [7, 11) is 0. The number of carboxylic acid groups (broad SMARTS) is 1. The second-order valence-electron chi connectivity index (χ2n) is 12.5. The molecular formula is C40H71NO13. The van der Waals surface area contributed by atoms with Gasteiger partial charge < -0.3 is 57.8 Å². The Labute approximate surface area is 324 Å². The molecule has 2 N–H and O–H groups in total. The third kappa shape index (κ3) is 36.6. The SMILES string of the molecule is CCCCCCCCCc1ccc(OCCOCCOCCOCCOCCOCCOCCOCCOCCOCCCNC(=O)CCC(=O)O)cc1. The molecule has 0 atom stereocenters. The number of carbonyl (C=O) groups is 2. The number of carboxylic acids is 1. The van der Waals surface area contributed by atoms with Crippen LogP contribution in [0.5, 0.6) is 5.75 Å². The lowest BCUT2D eigenvalue weighted by atomic mass is 10.0. The van der Waals surface area contributed by atoms with Crippen molar-refractivity contribution in [2.24, 2.45) is 0 Å². The van der Waals surface area contributed by atoms with Crippen molar-refractivity contribution in [1.29, 1.82) is 0 Å². The van der Waals surface area contributed by atoms with Gasteiger partial charge in [0.05, 0.1) is 119 Å². The van der Waals surface area contributed by atoms with Gasteiger partial charge in [0.25, 0.3) is 0 Å². The lowest BCUT2D eigenvalue weighted by molar-refractivity contribution is -0.138. The third-order valence-electron chi connectivity index (χ3n) is 7.82. The second kappa shape index (κ2) is 40.3. The first-order valence-electron chi connectivity index (χ1n) is 20.0. The molecule has 0 fully saturated rings. The van der Waals surface area contributed by atoms with Crippen molar-refractivity contribution in [2.75, 3.05) is 132 Å². The highest BCUT2D eigenvalue weighted by Crippen LogP contribution is 2.15. The van der Waals surface area contributed by atoms with Gasteiger partial charge in [-0.15, -0.1) is 0 Å². The first-order valence-corrected chi connectivity index (χ1v) is 20.0. The summed E-state index contributed by atoms with van der Waals surface area (Å²) < 4.78 is 55.2. The maximum Gasteiger partial charge on any atom is 0.303 e. The van der Waals surface area contributed by atoms with Crippen LogP contribution in [0, 0.1) is 0 Å². The average Bonchev–Trinajstić information content (AvgIpc) is 3.17. The lowest BCUT2D eigenvalue weighted by Gasteiger charge is -2.09. The van der Waals surface area contributed by atoms with Gasteiger partial charge in [-0.1, -0.05) is 57.6 Å². The zero-order valence-corrected chi connectivity index (χ0v) is 33.1. The van der Waals surface area contributed by atoms with Gasteiger partial charge in [0, 0.05) is 19.6 Å². The predicted octanol–water partition coefficient (Wildman–Crippen LogP) is 4.88. The molecule has 0 aliphatic carbocycles. The minimum Gasteiger partial charge on any atom is -0.491 e. The molecular weight excluding hydrogens is 702 g/mol. The fraction of sp³-hybridized carbons (Fsp3) is 0.800. The number of amides is 1. The van der Waals surface area contributed by atoms with Crippen molar-refractivity contribution in [1.82, 2.24) is 5.32 Å². The van der Waals surface area contributed by atoms with Crippen LogP contribution in [-0.2, 0) is 58.6 Å². The Morgan fingerprint density at radius 2 is 0.870 bits per heavy atom. The van der Waals surface area contributed by atoms with Gasteiger partial charge in [0.2, 0.25) is 5.91 Å². The summed E-state index contributed by atoms with van der Waals surface area (Å²) >= 11 is 0. The third-order valence-corrected chi connectivity index (χ3v) is 7.82. The summed E-state index contributed by atoms with van der Waals surface area (Å²) in [6.45, 7) is 12.1. The molecule has 0 saturated carbocycles. The number of hydrogen-bond donors (Lipinski definition) is 2. The monoisotopic (exact) mass is 773 g/mol. The fourth-order valence-electron chi connectivity index (χ4n) is 4.83. The number of hydrogen-bond acceptors (Lipinski definition) is 12.